The van der Waals surface area contributed by atoms with Crippen LogP contribution in [0.3, 0.4) is 0 Å². The molecule has 1 aromatic carbocycles. The minimum absolute atomic E-state index is 0.142. The minimum Gasteiger partial charge on any atom is -0.382 e. The number of hydrogen-bond acceptors (Lipinski definition) is 2. The summed E-state index contributed by atoms with van der Waals surface area (Å²) in [5, 5.41) is 3.52. The molecular weight excluding hydrogens is 215 g/mol. The summed E-state index contributed by atoms with van der Waals surface area (Å²) in [7, 11) is 0. The Bertz CT molecular complexity index is 398. The van der Waals surface area contributed by atoms with Crippen molar-refractivity contribution in [2.45, 2.75) is 25.8 Å². The number of halogens is 1. The van der Waals surface area contributed by atoms with Crippen molar-refractivity contribution < 1.29 is 4.39 Å². The molecule has 3 unspecified atom stereocenters. The van der Waals surface area contributed by atoms with Crippen LogP contribution in [0.4, 0.5) is 10.1 Å². The molecule has 0 spiro atoms. The number of nitrogens with one attached hydrogen (secondary N) is 1. The second-order valence-corrected chi connectivity index (χ2v) is 5.41. The van der Waals surface area contributed by atoms with E-state index in [1.54, 1.807) is 12.1 Å². The molecule has 1 aromatic rings. The Morgan fingerprint density at radius 3 is 2.88 bits per heavy atom. The molecule has 92 valence electrons. The Morgan fingerprint density at radius 2 is 2.06 bits per heavy atom. The lowest BCUT2D eigenvalue weighted by molar-refractivity contribution is 0.255. The van der Waals surface area contributed by atoms with Crippen LogP contribution in [0.1, 0.15) is 18.4 Å². The standard InChI is InChI=1S/C14H19FN2/c1-10-6-12(15)8-13(7-10)16-14-3-5-17-4-2-11(14)9-17/h6-8,11,14,16H,2-5,9H2,1H3. The lowest BCUT2D eigenvalue weighted by Gasteiger charge is -2.31. The highest BCUT2D eigenvalue weighted by molar-refractivity contribution is 5.47. The SMILES string of the molecule is Cc1cc(F)cc(NC2CCN3CCC2C3)c1. The number of piperidine rings is 1. The van der Waals surface area contributed by atoms with Gasteiger partial charge in [-0.15, -0.1) is 0 Å². The Kier molecular flexibility index (Phi) is 2.79. The molecule has 1 N–H and O–H groups in total. The van der Waals surface area contributed by atoms with Crippen LogP contribution in [-0.2, 0) is 0 Å². The molecule has 2 heterocycles. The maximum absolute atomic E-state index is 13.3. The van der Waals surface area contributed by atoms with Gasteiger partial charge in [-0.25, -0.2) is 4.39 Å². The lowest BCUT2D eigenvalue weighted by atomic mass is 9.94. The first kappa shape index (κ1) is 11.0. The van der Waals surface area contributed by atoms with Crippen molar-refractivity contribution in [2.75, 3.05) is 25.0 Å². The van der Waals surface area contributed by atoms with Crippen LogP contribution >= 0.6 is 0 Å². The van der Waals surface area contributed by atoms with Gasteiger partial charge in [0.25, 0.3) is 0 Å². The largest absolute Gasteiger partial charge is 0.382 e. The Balaban J connectivity index is 1.73. The predicted molar refractivity (Wildman–Crippen MR) is 67.7 cm³/mol. The summed E-state index contributed by atoms with van der Waals surface area (Å²) in [4.78, 5) is 2.53. The summed E-state index contributed by atoms with van der Waals surface area (Å²) in [6.07, 6.45) is 2.46. The average molecular weight is 234 g/mol. The van der Waals surface area contributed by atoms with Crippen molar-refractivity contribution in [2.24, 2.45) is 5.92 Å². The zero-order valence-electron chi connectivity index (χ0n) is 10.2. The monoisotopic (exact) mass is 234 g/mol. The Labute approximate surface area is 102 Å². The number of hydrogen-bond donors (Lipinski definition) is 1. The van der Waals surface area contributed by atoms with Crippen LogP contribution < -0.4 is 5.32 Å². The number of benzene rings is 1. The van der Waals surface area contributed by atoms with Crippen LogP contribution in [0, 0.1) is 18.7 Å². The van der Waals surface area contributed by atoms with E-state index in [-0.39, 0.29) is 5.82 Å². The van der Waals surface area contributed by atoms with Gasteiger partial charge in [-0.2, -0.15) is 0 Å². The molecular formula is C14H19FN2. The molecule has 3 rings (SSSR count). The molecule has 2 saturated heterocycles. The summed E-state index contributed by atoms with van der Waals surface area (Å²) in [5.74, 6) is 0.601. The van der Waals surface area contributed by atoms with Gasteiger partial charge in [-0.3, -0.25) is 0 Å². The third kappa shape index (κ3) is 2.29. The number of nitrogens with zero attached hydrogens (tertiary/aromatic N) is 1. The molecule has 2 nitrogen and oxygen atoms in total. The Morgan fingerprint density at radius 1 is 1.24 bits per heavy atom. The molecule has 0 aromatic heterocycles. The summed E-state index contributed by atoms with van der Waals surface area (Å²) in [6, 6.07) is 5.73. The summed E-state index contributed by atoms with van der Waals surface area (Å²) in [6.45, 7) is 5.58. The fourth-order valence-corrected chi connectivity index (χ4v) is 3.18. The highest BCUT2D eigenvalue weighted by Gasteiger charge is 2.34. The third-order valence-electron chi connectivity index (χ3n) is 4.03. The Hall–Kier alpha value is -1.09. The number of anilines is 1. The average Bonchev–Trinajstić information content (AvgIpc) is 2.64. The maximum Gasteiger partial charge on any atom is 0.125 e. The van der Waals surface area contributed by atoms with E-state index in [0.29, 0.717) is 6.04 Å². The minimum atomic E-state index is -0.142. The molecule has 3 atom stereocenters. The second-order valence-electron chi connectivity index (χ2n) is 5.41. The van der Waals surface area contributed by atoms with E-state index in [9.17, 15) is 4.39 Å². The fourth-order valence-electron chi connectivity index (χ4n) is 3.18. The van der Waals surface area contributed by atoms with Crippen molar-refractivity contribution in [3.8, 4) is 0 Å². The number of aryl methyl sites for hydroxylation is 1. The third-order valence-corrected chi connectivity index (χ3v) is 4.03. The first-order chi connectivity index (χ1) is 8.20. The topological polar surface area (TPSA) is 15.3 Å². The fraction of sp³-hybridized carbons (Fsp3) is 0.571. The van der Waals surface area contributed by atoms with Crippen LogP contribution in [-0.4, -0.2) is 30.6 Å². The zero-order valence-corrected chi connectivity index (χ0v) is 10.2. The maximum atomic E-state index is 13.3. The van der Waals surface area contributed by atoms with Crippen molar-refractivity contribution >= 4 is 5.69 Å². The molecule has 0 amide bonds. The second kappa shape index (κ2) is 4.30. The van der Waals surface area contributed by atoms with Gasteiger partial charge in [0.1, 0.15) is 5.82 Å². The summed E-state index contributed by atoms with van der Waals surface area (Å²) in [5.41, 5.74) is 1.92. The molecule has 2 fully saturated rings. The van der Waals surface area contributed by atoms with Crippen LogP contribution in [0.5, 0.6) is 0 Å². The van der Waals surface area contributed by atoms with E-state index < -0.39 is 0 Å². The van der Waals surface area contributed by atoms with Gasteiger partial charge in [0.05, 0.1) is 0 Å². The highest BCUT2D eigenvalue weighted by Crippen LogP contribution is 2.29. The normalized spacial score (nSPS) is 31.5. The highest BCUT2D eigenvalue weighted by atomic mass is 19.1. The van der Waals surface area contributed by atoms with Crippen molar-refractivity contribution in [3.05, 3.63) is 29.6 Å². The van der Waals surface area contributed by atoms with Crippen LogP contribution in [0.25, 0.3) is 0 Å². The molecule has 0 saturated carbocycles. The summed E-state index contributed by atoms with van der Waals surface area (Å²) >= 11 is 0. The molecule has 2 aliphatic heterocycles. The molecule has 0 radical (unpaired) electrons. The molecule has 2 bridgehead atoms. The smallest absolute Gasteiger partial charge is 0.125 e. The van der Waals surface area contributed by atoms with Gasteiger partial charge >= 0.3 is 0 Å². The van der Waals surface area contributed by atoms with Crippen LogP contribution in [0.15, 0.2) is 18.2 Å². The number of rotatable bonds is 2. The van der Waals surface area contributed by atoms with E-state index in [1.807, 2.05) is 13.0 Å². The van der Waals surface area contributed by atoms with Gasteiger partial charge in [0.15, 0.2) is 0 Å². The van der Waals surface area contributed by atoms with E-state index >= 15 is 0 Å². The van der Waals surface area contributed by atoms with Gasteiger partial charge in [-0.05, 0) is 56.0 Å². The molecule has 17 heavy (non-hydrogen) atoms. The van der Waals surface area contributed by atoms with E-state index in [1.165, 1.54) is 32.5 Å². The van der Waals surface area contributed by atoms with E-state index in [4.69, 9.17) is 0 Å². The van der Waals surface area contributed by atoms with Crippen LogP contribution in [0.2, 0.25) is 0 Å². The summed E-state index contributed by atoms with van der Waals surface area (Å²) < 4.78 is 13.3. The van der Waals surface area contributed by atoms with Crippen molar-refractivity contribution in [1.29, 1.82) is 0 Å². The van der Waals surface area contributed by atoms with Gasteiger partial charge < -0.3 is 10.2 Å². The predicted octanol–water partition coefficient (Wildman–Crippen LogP) is 2.64. The molecule has 3 heteroatoms. The first-order valence-corrected chi connectivity index (χ1v) is 6.47. The molecule has 0 aliphatic carbocycles. The van der Waals surface area contributed by atoms with Gasteiger partial charge in [-0.1, -0.05) is 0 Å². The van der Waals surface area contributed by atoms with Gasteiger partial charge in [0.2, 0.25) is 0 Å². The first-order valence-electron chi connectivity index (χ1n) is 6.47. The lowest BCUT2D eigenvalue weighted by Crippen LogP contribution is -2.39. The quantitative estimate of drug-likeness (QED) is 0.846. The molecule has 2 aliphatic rings. The van der Waals surface area contributed by atoms with E-state index in [2.05, 4.69) is 10.2 Å². The van der Waals surface area contributed by atoms with Crippen molar-refractivity contribution in [3.63, 3.8) is 0 Å². The van der Waals surface area contributed by atoms with Gasteiger partial charge in [0, 0.05) is 24.8 Å². The van der Waals surface area contributed by atoms with E-state index in [0.717, 1.165) is 17.2 Å². The number of fused-ring (bicyclic) bond motifs is 2. The zero-order chi connectivity index (χ0) is 11.8. The van der Waals surface area contributed by atoms with Crippen molar-refractivity contribution in [1.82, 2.24) is 4.90 Å².